The Morgan fingerprint density at radius 3 is 2.38 bits per heavy atom. The highest BCUT2D eigenvalue weighted by Crippen LogP contribution is 2.32. The molecule has 0 spiro atoms. The molecule has 3 heteroatoms. The summed E-state index contributed by atoms with van der Waals surface area (Å²) in [6, 6.07) is 19.2. The molecular weight excluding hydrogens is 280 g/mol. The van der Waals surface area contributed by atoms with Gasteiger partial charge < -0.3 is 10.2 Å². The molecule has 3 rings (SSSR count). The lowest BCUT2D eigenvalue weighted by atomic mass is 9.94. The predicted octanol–water partition coefficient (Wildman–Crippen LogP) is 4.27. The Hall–Kier alpha value is -1.51. The third kappa shape index (κ3) is 3.22. The lowest BCUT2D eigenvalue weighted by molar-refractivity contribution is 0.312. The quantitative estimate of drug-likeness (QED) is 0.891. The van der Waals surface area contributed by atoms with Crippen molar-refractivity contribution < 1.29 is 0 Å². The number of hydrogen-bond donors (Lipinski definition) is 1. The second-order valence-corrected chi connectivity index (χ2v) is 6.73. The van der Waals surface area contributed by atoms with Gasteiger partial charge in [0.15, 0.2) is 0 Å². The summed E-state index contributed by atoms with van der Waals surface area (Å²) < 4.78 is 0. The molecular formula is C18H21ClN2. The Labute approximate surface area is 131 Å². The molecule has 0 aliphatic carbocycles. The molecule has 1 unspecified atom stereocenters. The van der Waals surface area contributed by atoms with Gasteiger partial charge in [0.2, 0.25) is 0 Å². The van der Waals surface area contributed by atoms with Crippen molar-refractivity contribution in [2.24, 2.45) is 0 Å². The van der Waals surface area contributed by atoms with Gasteiger partial charge in [-0.15, -0.1) is 0 Å². The zero-order valence-corrected chi connectivity index (χ0v) is 13.3. The molecule has 1 heterocycles. The summed E-state index contributed by atoms with van der Waals surface area (Å²) in [6.45, 7) is 6.40. The second kappa shape index (κ2) is 5.70. The lowest BCUT2D eigenvalue weighted by Gasteiger charge is -2.46. The molecule has 0 bridgehead atoms. The number of benzene rings is 2. The van der Waals surface area contributed by atoms with Crippen LogP contribution in [0.15, 0.2) is 54.6 Å². The molecule has 1 N–H and O–H groups in total. The predicted molar refractivity (Wildman–Crippen MR) is 90.1 cm³/mol. The van der Waals surface area contributed by atoms with Crippen LogP contribution in [0.1, 0.15) is 25.5 Å². The molecule has 1 atom stereocenters. The van der Waals surface area contributed by atoms with Gasteiger partial charge in [-0.05, 0) is 43.7 Å². The van der Waals surface area contributed by atoms with Crippen LogP contribution in [0, 0.1) is 0 Å². The van der Waals surface area contributed by atoms with Gasteiger partial charge >= 0.3 is 0 Å². The van der Waals surface area contributed by atoms with Crippen molar-refractivity contribution in [3.05, 3.63) is 65.2 Å². The van der Waals surface area contributed by atoms with E-state index in [2.05, 4.69) is 66.5 Å². The molecule has 21 heavy (non-hydrogen) atoms. The summed E-state index contributed by atoms with van der Waals surface area (Å²) in [5, 5.41) is 4.43. The van der Waals surface area contributed by atoms with Crippen molar-refractivity contribution >= 4 is 17.3 Å². The maximum absolute atomic E-state index is 6.03. The number of hydrogen-bond acceptors (Lipinski definition) is 2. The van der Waals surface area contributed by atoms with Crippen LogP contribution in [-0.4, -0.2) is 18.6 Å². The first kappa shape index (κ1) is 14.4. The van der Waals surface area contributed by atoms with Crippen LogP contribution in [-0.2, 0) is 0 Å². The number of halogens is 1. The Bertz CT molecular complexity index is 592. The molecule has 1 fully saturated rings. The Morgan fingerprint density at radius 1 is 1.05 bits per heavy atom. The first-order valence-electron chi connectivity index (χ1n) is 7.37. The molecule has 2 nitrogen and oxygen atoms in total. The molecule has 0 aromatic heterocycles. The summed E-state index contributed by atoms with van der Waals surface area (Å²) >= 11 is 6.03. The summed E-state index contributed by atoms with van der Waals surface area (Å²) in [6.07, 6.45) is 0. The third-order valence-electron chi connectivity index (χ3n) is 4.06. The fourth-order valence-electron chi connectivity index (χ4n) is 2.95. The molecule has 110 valence electrons. The van der Waals surface area contributed by atoms with Crippen molar-refractivity contribution in [2.75, 3.05) is 18.0 Å². The van der Waals surface area contributed by atoms with Crippen molar-refractivity contribution in [1.82, 2.24) is 5.32 Å². The van der Waals surface area contributed by atoms with E-state index in [0.717, 1.165) is 18.1 Å². The van der Waals surface area contributed by atoms with E-state index in [9.17, 15) is 0 Å². The topological polar surface area (TPSA) is 15.3 Å². The van der Waals surface area contributed by atoms with E-state index >= 15 is 0 Å². The highest BCUT2D eigenvalue weighted by Gasteiger charge is 2.33. The van der Waals surface area contributed by atoms with Gasteiger partial charge in [0.05, 0.1) is 6.04 Å². The third-order valence-corrected chi connectivity index (χ3v) is 4.31. The second-order valence-electron chi connectivity index (χ2n) is 6.30. The normalized spacial score (nSPS) is 21.3. The maximum atomic E-state index is 6.03. The minimum absolute atomic E-state index is 0.102. The highest BCUT2D eigenvalue weighted by molar-refractivity contribution is 6.30. The minimum Gasteiger partial charge on any atom is -0.361 e. The van der Waals surface area contributed by atoms with Crippen LogP contribution in [0.4, 0.5) is 5.69 Å². The fourth-order valence-corrected chi connectivity index (χ4v) is 3.08. The molecule has 2 aromatic rings. The van der Waals surface area contributed by atoms with Crippen molar-refractivity contribution in [1.29, 1.82) is 0 Å². The number of nitrogens with zero attached hydrogens (tertiary/aromatic N) is 1. The van der Waals surface area contributed by atoms with E-state index in [1.165, 1.54) is 11.3 Å². The van der Waals surface area contributed by atoms with E-state index in [1.54, 1.807) is 0 Å². The summed E-state index contributed by atoms with van der Waals surface area (Å²) in [5.41, 5.74) is 2.67. The first-order chi connectivity index (χ1) is 10.1. The largest absolute Gasteiger partial charge is 0.361 e. The average molecular weight is 301 g/mol. The lowest BCUT2D eigenvalue weighted by Crippen LogP contribution is -2.58. The minimum atomic E-state index is 0.102. The summed E-state index contributed by atoms with van der Waals surface area (Å²) in [7, 11) is 0. The van der Waals surface area contributed by atoms with E-state index < -0.39 is 0 Å². The fraction of sp³-hybridized carbons (Fsp3) is 0.333. The van der Waals surface area contributed by atoms with Gasteiger partial charge in [0.25, 0.3) is 0 Å². The maximum Gasteiger partial charge on any atom is 0.0668 e. The van der Waals surface area contributed by atoms with Gasteiger partial charge in [-0.3, -0.25) is 0 Å². The number of piperazine rings is 1. The van der Waals surface area contributed by atoms with Gasteiger partial charge in [-0.2, -0.15) is 0 Å². The van der Waals surface area contributed by atoms with Crippen molar-refractivity contribution in [3.8, 4) is 0 Å². The highest BCUT2D eigenvalue weighted by atomic mass is 35.5. The van der Waals surface area contributed by atoms with Crippen molar-refractivity contribution in [2.45, 2.75) is 25.4 Å². The molecule has 1 aliphatic rings. The van der Waals surface area contributed by atoms with Gasteiger partial charge in [0, 0.05) is 29.3 Å². The molecule has 1 saturated heterocycles. The average Bonchev–Trinajstić information content (AvgIpc) is 2.48. The number of anilines is 1. The van der Waals surface area contributed by atoms with E-state index in [4.69, 9.17) is 11.6 Å². The van der Waals surface area contributed by atoms with E-state index in [1.807, 2.05) is 12.1 Å². The van der Waals surface area contributed by atoms with Crippen LogP contribution in [0.2, 0.25) is 5.02 Å². The SMILES string of the molecule is CC1(C)CN(c2ccc(Cl)cc2)C(c2ccccc2)CN1. The molecule has 2 aromatic carbocycles. The Morgan fingerprint density at radius 2 is 1.71 bits per heavy atom. The molecule has 0 amide bonds. The van der Waals surface area contributed by atoms with E-state index in [0.29, 0.717) is 6.04 Å². The number of rotatable bonds is 2. The number of nitrogens with one attached hydrogen (secondary N) is 1. The van der Waals surface area contributed by atoms with Crippen LogP contribution < -0.4 is 10.2 Å². The van der Waals surface area contributed by atoms with Gasteiger partial charge in [-0.25, -0.2) is 0 Å². The van der Waals surface area contributed by atoms with Gasteiger partial charge in [0.1, 0.15) is 0 Å². The van der Waals surface area contributed by atoms with E-state index in [-0.39, 0.29) is 5.54 Å². The Kier molecular flexibility index (Phi) is 3.92. The van der Waals surface area contributed by atoms with Gasteiger partial charge in [-0.1, -0.05) is 41.9 Å². The Balaban J connectivity index is 1.96. The first-order valence-corrected chi connectivity index (χ1v) is 7.75. The zero-order valence-electron chi connectivity index (χ0n) is 12.5. The monoisotopic (exact) mass is 300 g/mol. The van der Waals surface area contributed by atoms with Crippen LogP contribution >= 0.6 is 11.6 Å². The molecule has 1 aliphatic heterocycles. The standard InChI is InChI=1S/C18H21ClN2/c1-18(2)13-21(16-10-8-15(19)9-11-16)17(12-20-18)14-6-4-3-5-7-14/h3-11,17,20H,12-13H2,1-2H3. The molecule has 0 saturated carbocycles. The van der Waals surface area contributed by atoms with Crippen LogP contribution in [0.5, 0.6) is 0 Å². The summed E-state index contributed by atoms with van der Waals surface area (Å²) in [5.74, 6) is 0. The van der Waals surface area contributed by atoms with Crippen LogP contribution in [0.25, 0.3) is 0 Å². The molecule has 0 radical (unpaired) electrons. The van der Waals surface area contributed by atoms with Crippen molar-refractivity contribution in [3.63, 3.8) is 0 Å². The zero-order chi connectivity index (χ0) is 14.9. The summed E-state index contributed by atoms with van der Waals surface area (Å²) in [4.78, 5) is 2.47. The van der Waals surface area contributed by atoms with Crippen LogP contribution in [0.3, 0.4) is 0 Å². The smallest absolute Gasteiger partial charge is 0.0668 e.